The number of benzene rings is 2. The monoisotopic (exact) mass is 375 g/mol. The number of nitrogens with zero attached hydrogens (tertiary/aromatic N) is 1. The predicted octanol–water partition coefficient (Wildman–Crippen LogP) is 3.29. The van der Waals surface area contributed by atoms with E-state index in [0.29, 0.717) is 11.4 Å². The van der Waals surface area contributed by atoms with Gasteiger partial charge in [0.1, 0.15) is 0 Å². The first-order valence-electron chi connectivity index (χ1n) is 7.52. The van der Waals surface area contributed by atoms with Crippen molar-refractivity contribution in [2.45, 2.75) is 11.8 Å². The van der Waals surface area contributed by atoms with Crippen molar-refractivity contribution in [2.24, 2.45) is 0 Å². The number of hydrogen-bond donors (Lipinski definition) is 2. The lowest BCUT2D eigenvalue weighted by Gasteiger charge is -2.10. The molecule has 0 atom stereocenters. The van der Waals surface area contributed by atoms with E-state index in [-0.39, 0.29) is 29.0 Å². The van der Waals surface area contributed by atoms with Crippen molar-refractivity contribution in [3.63, 3.8) is 0 Å². The molecule has 0 radical (unpaired) electrons. The predicted molar refractivity (Wildman–Crippen MR) is 99.7 cm³/mol. The van der Waals surface area contributed by atoms with E-state index < -0.39 is 4.92 Å². The van der Waals surface area contributed by atoms with Crippen LogP contribution in [0.1, 0.15) is 6.92 Å². The van der Waals surface area contributed by atoms with Crippen LogP contribution in [0.25, 0.3) is 0 Å². The molecule has 0 unspecified atom stereocenters. The molecule has 2 aromatic carbocycles. The SMILES string of the molecule is COc1cc(NC(=O)CSc2ccccc2NC(C)=O)ccc1[N+](=O)[O-]. The standard InChI is InChI=1S/C17H17N3O5S/c1-11(21)18-13-5-3-4-6-16(13)26-10-17(22)19-12-7-8-14(20(23)24)15(9-12)25-2/h3-9H,10H2,1-2H3,(H,18,21)(H,19,22). The van der Waals surface area contributed by atoms with Gasteiger partial charge in [-0.25, -0.2) is 0 Å². The molecule has 0 aliphatic rings. The van der Waals surface area contributed by atoms with Gasteiger partial charge in [-0.15, -0.1) is 11.8 Å². The fourth-order valence-electron chi connectivity index (χ4n) is 2.13. The second kappa shape index (κ2) is 8.86. The van der Waals surface area contributed by atoms with Gasteiger partial charge in [-0.2, -0.15) is 0 Å². The Balaban J connectivity index is 2.02. The number of methoxy groups -OCH3 is 1. The van der Waals surface area contributed by atoms with E-state index in [0.717, 1.165) is 4.90 Å². The van der Waals surface area contributed by atoms with Gasteiger partial charge in [0.2, 0.25) is 11.8 Å². The molecule has 2 aromatic rings. The molecule has 2 N–H and O–H groups in total. The summed E-state index contributed by atoms with van der Waals surface area (Å²) in [6.07, 6.45) is 0. The molecule has 9 heteroatoms. The van der Waals surface area contributed by atoms with Crippen molar-refractivity contribution in [1.29, 1.82) is 0 Å². The van der Waals surface area contributed by atoms with Crippen molar-refractivity contribution in [1.82, 2.24) is 0 Å². The number of nitrogens with one attached hydrogen (secondary N) is 2. The Morgan fingerprint density at radius 1 is 1.19 bits per heavy atom. The third kappa shape index (κ3) is 5.21. The van der Waals surface area contributed by atoms with Crippen LogP contribution in [0.3, 0.4) is 0 Å². The van der Waals surface area contributed by atoms with Crippen LogP contribution in [0.5, 0.6) is 5.75 Å². The lowest BCUT2D eigenvalue weighted by Crippen LogP contribution is -2.14. The zero-order valence-electron chi connectivity index (χ0n) is 14.1. The van der Waals surface area contributed by atoms with E-state index in [1.807, 2.05) is 6.07 Å². The minimum absolute atomic E-state index is 0.0662. The van der Waals surface area contributed by atoms with E-state index >= 15 is 0 Å². The van der Waals surface area contributed by atoms with Gasteiger partial charge in [-0.1, -0.05) is 12.1 Å². The van der Waals surface area contributed by atoms with Crippen LogP contribution in [0.2, 0.25) is 0 Å². The summed E-state index contributed by atoms with van der Waals surface area (Å²) in [6, 6.07) is 11.3. The molecule has 8 nitrogen and oxygen atoms in total. The molecule has 0 saturated carbocycles. The summed E-state index contributed by atoms with van der Waals surface area (Å²) >= 11 is 1.27. The van der Waals surface area contributed by atoms with E-state index in [4.69, 9.17) is 4.74 Å². The first-order valence-corrected chi connectivity index (χ1v) is 8.51. The number of nitro groups is 1. The number of rotatable bonds is 7. The number of para-hydroxylation sites is 1. The molecule has 2 amide bonds. The highest BCUT2D eigenvalue weighted by Gasteiger charge is 2.15. The van der Waals surface area contributed by atoms with Crippen molar-refractivity contribution >= 4 is 40.6 Å². The van der Waals surface area contributed by atoms with Crippen LogP contribution in [-0.4, -0.2) is 29.6 Å². The molecule has 0 saturated heterocycles. The quantitative estimate of drug-likeness (QED) is 0.436. The molecule has 0 spiro atoms. The van der Waals surface area contributed by atoms with E-state index in [1.54, 1.807) is 18.2 Å². The Bertz CT molecular complexity index is 841. The summed E-state index contributed by atoms with van der Waals surface area (Å²) in [7, 11) is 1.32. The van der Waals surface area contributed by atoms with Gasteiger partial charge in [0.05, 0.1) is 23.5 Å². The van der Waals surface area contributed by atoms with Gasteiger partial charge in [-0.05, 0) is 18.2 Å². The van der Waals surface area contributed by atoms with Crippen LogP contribution in [-0.2, 0) is 9.59 Å². The van der Waals surface area contributed by atoms with Crippen molar-refractivity contribution < 1.29 is 19.2 Å². The van der Waals surface area contributed by atoms with Crippen molar-refractivity contribution in [3.8, 4) is 5.75 Å². The maximum absolute atomic E-state index is 12.1. The summed E-state index contributed by atoms with van der Waals surface area (Å²) in [6.45, 7) is 1.41. The summed E-state index contributed by atoms with van der Waals surface area (Å²) < 4.78 is 4.97. The zero-order chi connectivity index (χ0) is 19.1. The highest BCUT2D eigenvalue weighted by Crippen LogP contribution is 2.30. The summed E-state index contributed by atoms with van der Waals surface area (Å²) in [5, 5.41) is 16.3. The number of carbonyl (C=O) groups excluding carboxylic acids is 2. The normalized spacial score (nSPS) is 10.1. The highest BCUT2D eigenvalue weighted by molar-refractivity contribution is 8.00. The van der Waals surface area contributed by atoms with Gasteiger partial charge in [0.25, 0.3) is 0 Å². The molecule has 0 aromatic heterocycles. The third-order valence-electron chi connectivity index (χ3n) is 3.22. The minimum Gasteiger partial charge on any atom is -0.490 e. The van der Waals surface area contributed by atoms with Crippen LogP contribution in [0, 0.1) is 10.1 Å². The molecule has 26 heavy (non-hydrogen) atoms. The topological polar surface area (TPSA) is 111 Å². The van der Waals surface area contributed by atoms with Gasteiger partial charge in [-0.3, -0.25) is 19.7 Å². The number of hydrogen-bond acceptors (Lipinski definition) is 6. The first kappa shape index (κ1) is 19.3. The Hall–Kier alpha value is -3.07. The molecule has 0 fully saturated rings. The Kier molecular flexibility index (Phi) is 6.56. The highest BCUT2D eigenvalue weighted by atomic mass is 32.2. The summed E-state index contributed by atoms with van der Waals surface area (Å²) in [5.41, 5.74) is 0.854. The third-order valence-corrected chi connectivity index (χ3v) is 4.29. The summed E-state index contributed by atoms with van der Waals surface area (Å²) in [4.78, 5) is 34.5. The van der Waals surface area contributed by atoms with Crippen LogP contribution in [0.4, 0.5) is 17.1 Å². The number of amides is 2. The Morgan fingerprint density at radius 3 is 2.58 bits per heavy atom. The fraction of sp³-hybridized carbons (Fsp3) is 0.176. The minimum atomic E-state index is -0.556. The molecule has 0 bridgehead atoms. The average Bonchev–Trinajstić information content (AvgIpc) is 2.60. The Morgan fingerprint density at radius 2 is 1.92 bits per heavy atom. The second-order valence-corrected chi connectivity index (χ2v) is 6.18. The molecule has 136 valence electrons. The van der Waals surface area contributed by atoms with Crippen molar-refractivity contribution in [3.05, 3.63) is 52.6 Å². The van der Waals surface area contributed by atoms with Gasteiger partial charge >= 0.3 is 5.69 Å². The smallest absolute Gasteiger partial charge is 0.311 e. The molecular formula is C17H17N3O5S. The molecule has 0 aliphatic carbocycles. The lowest BCUT2D eigenvalue weighted by molar-refractivity contribution is -0.385. The zero-order valence-corrected chi connectivity index (χ0v) is 15.0. The van der Waals surface area contributed by atoms with E-state index in [9.17, 15) is 19.7 Å². The number of carbonyl (C=O) groups is 2. The van der Waals surface area contributed by atoms with Crippen molar-refractivity contribution in [2.75, 3.05) is 23.5 Å². The van der Waals surface area contributed by atoms with E-state index in [2.05, 4.69) is 10.6 Å². The number of nitro benzene ring substituents is 1. The number of thioether (sulfide) groups is 1. The Labute approximate surface area is 154 Å². The maximum Gasteiger partial charge on any atom is 0.311 e. The lowest BCUT2D eigenvalue weighted by atomic mass is 10.2. The van der Waals surface area contributed by atoms with Gasteiger partial charge in [0, 0.05) is 29.6 Å². The van der Waals surface area contributed by atoms with Crippen LogP contribution in [0.15, 0.2) is 47.4 Å². The number of anilines is 2. The largest absolute Gasteiger partial charge is 0.490 e. The average molecular weight is 375 g/mol. The number of ether oxygens (including phenoxy) is 1. The van der Waals surface area contributed by atoms with E-state index in [1.165, 1.54) is 44.0 Å². The van der Waals surface area contributed by atoms with Gasteiger partial charge < -0.3 is 15.4 Å². The molecule has 0 heterocycles. The molecule has 0 aliphatic heterocycles. The first-order chi connectivity index (χ1) is 12.4. The molecule has 2 rings (SSSR count). The molecular weight excluding hydrogens is 358 g/mol. The second-order valence-electron chi connectivity index (χ2n) is 5.16. The van der Waals surface area contributed by atoms with Gasteiger partial charge in [0.15, 0.2) is 5.75 Å². The van der Waals surface area contributed by atoms with Crippen LogP contribution < -0.4 is 15.4 Å². The maximum atomic E-state index is 12.1. The summed E-state index contributed by atoms with van der Waals surface area (Å²) in [5.74, 6) is -0.309. The van der Waals surface area contributed by atoms with Crippen LogP contribution >= 0.6 is 11.8 Å². The fourth-order valence-corrected chi connectivity index (χ4v) is 2.94.